The van der Waals surface area contributed by atoms with Gasteiger partial charge in [0.05, 0.1) is 5.60 Å². The Morgan fingerprint density at radius 3 is 2.25 bits per heavy atom. The summed E-state index contributed by atoms with van der Waals surface area (Å²) in [6.45, 7) is 6.74. The molecule has 72 valence electrons. The molecule has 1 fully saturated rings. The lowest BCUT2D eigenvalue weighted by atomic mass is 9.94. The quantitative estimate of drug-likeness (QED) is 0.691. The number of rotatable bonds is 2. The molecule has 1 heterocycles. The fourth-order valence-electron chi connectivity index (χ4n) is 1.64. The van der Waals surface area contributed by atoms with E-state index in [1.54, 1.807) is 0 Å². The summed E-state index contributed by atoms with van der Waals surface area (Å²) >= 11 is 0. The summed E-state index contributed by atoms with van der Waals surface area (Å²) in [6.07, 6.45) is 1.78. The average Bonchev–Trinajstić information content (AvgIpc) is 1.83. The van der Waals surface area contributed by atoms with Crippen molar-refractivity contribution in [2.75, 3.05) is 13.1 Å². The lowest BCUT2D eigenvalue weighted by Crippen LogP contribution is -2.45. The van der Waals surface area contributed by atoms with Gasteiger partial charge in [0.15, 0.2) is 0 Å². The number of halogens is 1. The highest BCUT2D eigenvalue weighted by Crippen LogP contribution is 2.28. The van der Waals surface area contributed by atoms with E-state index in [2.05, 4.69) is 5.32 Å². The molecule has 2 nitrogen and oxygen atoms in total. The van der Waals surface area contributed by atoms with Crippen LogP contribution >= 0.6 is 0 Å². The molecule has 0 amide bonds. The van der Waals surface area contributed by atoms with Gasteiger partial charge in [0, 0.05) is 0 Å². The van der Waals surface area contributed by atoms with Crippen molar-refractivity contribution in [3.05, 3.63) is 0 Å². The highest BCUT2D eigenvalue weighted by Gasteiger charge is 2.33. The minimum atomic E-state index is -1.51. The zero-order chi connectivity index (χ0) is 9.24. The van der Waals surface area contributed by atoms with Crippen molar-refractivity contribution < 1.29 is 9.13 Å². The van der Waals surface area contributed by atoms with Crippen LogP contribution in [0.2, 0.25) is 0 Å². The van der Waals surface area contributed by atoms with Crippen LogP contribution in [-0.2, 0) is 4.74 Å². The van der Waals surface area contributed by atoms with E-state index in [0.29, 0.717) is 0 Å². The molecule has 12 heavy (non-hydrogen) atoms. The third kappa shape index (κ3) is 3.07. The number of piperidine rings is 1. The summed E-state index contributed by atoms with van der Waals surface area (Å²) in [6, 6.07) is 0. The monoisotopic (exact) mass is 175 g/mol. The Balaban J connectivity index is 2.47. The Hall–Kier alpha value is -0.150. The molecule has 0 aromatic carbocycles. The van der Waals surface area contributed by atoms with Crippen LogP contribution in [0.5, 0.6) is 0 Å². The molecule has 0 aliphatic carbocycles. The second kappa shape index (κ2) is 3.30. The molecule has 0 saturated carbocycles. The van der Waals surface area contributed by atoms with Crippen LogP contribution in [0.25, 0.3) is 0 Å². The minimum absolute atomic E-state index is 0.274. The second-order valence-corrected chi connectivity index (χ2v) is 4.17. The van der Waals surface area contributed by atoms with E-state index in [0.717, 1.165) is 25.9 Å². The molecular formula is C9H18FNO. The Kier molecular flexibility index (Phi) is 2.74. The summed E-state index contributed by atoms with van der Waals surface area (Å²) in [7, 11) is 0. The lowest BCUT2D eigenvalue weighted by Gasteiger charge is -2.37. The van der Waals surface area contributed by atoms with Gasteiger partial charge in [-0.3, -0.25) is 0 Å². The Bertz CT molecular complexity index is 147. The first-order valence-electron chi connectivity index (χ1n) is 4.51. The van der Waals surface area contributed by atoms with Crippen molar-refractivity contribution in [2.24, 2.45) is 0 Å². The summed E-state index contributed by atoms with van der Waals surface area (Å²) in [5.41, 5.74) is -0.274. The average molecular weight is 175 g/mol. The van der Waals surface area contributed by atoms with E-state index < -0.39 is 5.85 Å². The molecule has 0 radical (unpaired) electrons. The van der Waals surface area contributed by atoms with Crippen molar-refractivity contribution in [3.8, 4) is 0 Å². The molecule has 3 heteroatoms. The smallest absolute Gasteiger partial charge is 0.204 e. The predicted octanol–water partition coefficient (Wildman–Crippen LogP) is 1.85. The number of ether oxygens (including phenoxy) is 1. The summed E-state index contributed by atoms with van der Waals surface area (Å²) in [5.74, 6) is -1.51. The van der Waals surface area contributed by atoms with Gasteiger partial charge in [0.2, 0.25) is 5.85 Å². The molecule has 1 aliphatic heterocycles. The molecular weight excluding hydrogens is 157 g/mol. The highest BCUT2D eigenvalue weighted by molar-refractivity contribution is 4.83. The normalized spacial score (nSPS) is 24.0. The van der Waals surface area contributed by atoms with Crippen molar-refractivity contribution in [1.29, 1.82) is 0 Å². The summed E-state index contributed by atoms with van der Waals surface area (Å²) < 4.78 is 18.5. The topological polar surface area (TPSA) is 21.3 Å². The standard InChI is InChI=1S/C9H18FNO/c1-8(2,10)12-9(3)4-6-11-7-5-9/h11H,4-7H2,1-3H3. The first-order valence-corrected chi connectivity index (χ1v) is 4.51. The van der Waals surface area contributed by atoms with E-state index in [9.17, 15) is 4.39 Å². The highest BCUT2D eigenvalue weighted by atomic mass is 19.2. The molecule has 1 N–H and O–H groups in total. The van der Waals surface area contributed by atoms with Crippen molar-refractivity contribution in [3.63, 3.8) is 0 Å². The second-order valence-electron chi connectivity index (χ2n) is 4.17. The zero-order valence-electron chi connectivity index (χ0n) is 8.11. The van der Waals surface area contributed by atoms with Crippen LogP contribution in [-0.4, -0.2) is 24.5 Å². The molecule has 0 unspecified atom stereocenters. The van der Waals surface area contributed by atoms with Gasteiger partial charge >= 0.3 is 0 Å². The van der Waals surface area contributed by atoms with Gasteiger partial charge in [0.25, 0.3) is 0 Å². The van der Waals surface area contributed by atoms with Crippen molar-refractivity contribution >= 4 is 0 Å². The summed E-state index contributed by atoms with van der Waals surface area (Å²) in [5, 5.41) is 3.22. The third-order valence-electron chi connectivity index (χ3n) is 2.15. The number of hydrogen-bond donors (Lipinski definition) is 1. The number of hydrogen-bond acceptors (Lipinski definition) is 2. The minimum Gasteiger partial charge on any atom is -0.340 e. The van der Waals surface area contributed by atoms with E-state index >= 15 is 0 Å². The lowest BCUT2D eigenvalue weighted by molar-refractivity contribution is -0.205. The maximum Gasteiger partial charge on any atom is 0.204 e. The first-order chi connectivity index (χ1) is 5.41. The molecule has 0 aromatic rings. The third-order valence-corrected chi connectivity index (χ3v) is 2.15. The molecule has 1 aliphatic rings. The van der Waals surface area contributed by atoms with Gasteiger partial charge in [-0.25, -0.2) is 4.39 Å². The van der Waals surface area contributed by atoms with Gasteiger partial charge in [0.1, 0.15) is 0 Å². The fourth-order valence-corrected chi connectivity index (χ4v) is 1.64. The molecule has 0 spiro atoms. The van der Waals surface area contributed by atoms with Crippen LogP contribution in [0.3, 0.4) is 0 Å². The van der Waals surface area contributed by atoms with Gasteiger partial charge < -0.3 is 10.1 Å². The Morgan fingerprint density at radius 2 is 1.83 bits per heavy atom. The largest absolute Gasteiger partial charge is 0.340 e. The van der Waals surface area contributed by atoms with Gasteiger partial charge in [-0.1, -0.05) is 0 Å². The molecule has 0 aromatic heterocycles. The maximum absolute atomic E-state index is 13.2. The fraction of sp³-hybridized carbons (Fsp3) is 1.00. The van der Waals surface area contributed by atoms with E-state index in [-0.39, 0.29) is 5.60 Å². The summed E-state index contributed by atoms with van der Waals surface area (Å²) in [4.78, 5) is 0. The number of alkyl halides is 1. The zero-order valence-corrected chi connectivity index (χ0v) is 8.11. The van der Waals surface area contributed by atoms with Crippen LogP contribution in [0.4, 0.5) is 4.39 Å². The number of nitrogens with one attached hydrogen (secondary N) is 1. The molecule has 1 saturated heterocycles. The molecule has 1 rings (SSSR count). The SMILES string of the molecule is CC(C)(F)OC1(C)CCNCC1. The first kappa shape index (κ1) is 9.93. The van der Waals surface area contributed by atoms with Gasteiger partial charge in [-0.2, -0.15) is 0 Å². The van der Waals surface area contributed by atoms with Gasteiger partial charge in [-0.05, 0) is 46.7 Å². The van der Waals surface area contributed by atoms with Crippen LogP contribution in [0, 0.1) is 0 Å². The van der Waals surface area contributed by atoms with Crippen LogP contribution < -0.4 is 5.32 Å². The van der Waals surface area contributed by atoms with E-state index in [1.165, 1.54) is 13.8 Å². The van der Waals surface area contributed by atoms with Crippen molar-refractivity contribution in [1.82, 2.24) is 5.32 Å². The predicted molar refractivity (Wildman–Crippen MR) is 46.8 cm³/mol. The maximum atomic E-state index is 13.2. The van der Waals surface area contributed by atoms with Crippen LogP contribution in [0.15, 0.2) is 0 Å². The molecule has 0 bridgehead atoms. The Morgan fingerprint density at radius 1 is 1.33 bits per heavy atom. The van der Waals surface area contributed by atoms with E-state index in [4.69, 9.17) is 4.74 Å². The van der Waals surface area contributed by atoms with Crippen LogP contribution in [0.1, 0.15) is 33.6 Å². The van der Waals surface area contributed by atoms with Crippen molar-refractivity contribution in [2.45, 2.75) is 45.1 Å². The van der Waals surface area contributed by atoms with E-state index in [1.807, 2.05) is 6.92 Å². The molecule has 0 atom stereocenters. The Labute approximate surface area is 73.5 Å². The van der Waals surface area contributed by atoms with Gasteiger partial charge in [-0.15, -0.1) is 0 Å².